The zero-order valence-electron chi connectivity index (χ0n) is 3.39. The summed E-state index contributed by atoms with van der Waals surface area (Å²) in [4.78, 5) is 0. The van der Waals surface area contributed by atoms with E-state index in [9.17, 15) is 3.89 Å². The first-order chi connectivity index (χ1) is 3.43. The van der Waals surface area contributed by atoms with Crippen molar-refractivity contribution in [2.45, 2.75) is 5.03 Å². The van der Waals surface area contributed by atoms with Crippen LogP contribution in [0.15, 0.2) is 17.3 Å². The molecule has 0 aliphatic rings. The lowest BCUT2D eigenvalue weighted by Crippen LogP contribution is -1.63. The molecule has 0 unspecified atom stereocenters. The third-order valence-corrected chi connectivity index (χ3v) is 0.952. The first-order valence-corrected chi connectivity index (χ1v) is 2.43. The Morgan fingerprint density at radius 3 is 3.00 bits per heavy atom. The zero-order chi connectivity index (χ0) is 5.11. The quantitative estimate of drug-likeness (QED) is 0.603. The molecular weight excluding hydrogens is 115 g/mol. The number of nitrogens with one attached hydrogen (secondary N) is 1. The summed E-state index contributed by atoms with van der Waals surface area (Å²) in [6, 6.07) is 1.56. The van der Waals surface area contributed by atoms with Crippen LogP contribution in [0, 0.1) is 0 Å². The van der Waals surface area contributed by atoms with E-state index in [0.29, 0.717) is 5.03 Å². The molecule has 0 radical (unpaired) electrons. The molecule has 2 nitrogen and oxygen atoms in total. The Morgan fingerprint density at radius 1 is 1.86 bits per heavy atom. The highest BCUT2D eigenvalue weighted by molar-refractivity contribution is 7.94. The second kappa shape index (κ2) is 1.97. The van der Waals surface area contributed by atoms with Crippen LogP contribution in [0.5, 0.6) is 0 Å². The molecule has 0 saturated carbocycles. The summed E-state index contributed by atoms with van der Waals surface area (Å²) in [7, 11) is 0. The molecule has 1 aromatic heterocycles. The summed E-state index contributed by atoms with van der Waals surface area (Å²) in [5.74, 6) is 0. The monoisotopic (exact) mass is 118 g/mol. The van der Waals surface area contributed by atoms with Crippen LogP contribution in [0.3, 0.4) is 0 Å². The van der Waals surface area contributed by atoms with E-state index in [1.54, 1.807) is 6.07 Å². The summed E-state index contributed by atoms with van der Waals surface area (Å²) in [6.07, 6.45) is 1.50. The van der Waals surface area contributed by atoms with Crippen LogP contribution in [-0.4, -0.2) is 10.2 Å². The van der Waals surface area contributed by atoms with Gasteiger partial charge in [-0.15, -0.1) is 0 Å². The Morgan fingerprint density at radius 2 is 2.71 bits per heavy atom. The van der Waals surface area contributed by atoms with Gasteiger partial charge in [-0.3, -0.25) is 5.10 Å². The zero-order valence-corrected chi connectivity index (χ0v) is 4.20. The minimum Gasteiger partial charge on any atom is -0.269 e. The van der Waals surface area contributed by atoms with Gasteiger partial charge in [-0.25, -0.2) is 0 Å². The van der Waals surface area contributed by atoms with Gasteiger partial charge < -0.3 is 0 Å². The minimum absolute atomic E-state index is 0.157. The van der Waals surface area contributed by atoms with Crippen molar-refractivity contribution in [1.29, 1.82) is 0 Å². The second-order valence-electron chi connectivity index (χ2n) is 0.998. The van der Waals surface area contributed by atoms with Crippen molar-refractivity contribution in [2.75, 3.05) is 0 Å². The van der Waals surface area contributed by atoms with E-state index < -0.39 is 0 Å². The van der Waals surface area contributed by atoms with Gasteiger partial charge in [0.2, 0.25) is 0 Å². The molecule has 0 saturated heterocycles. The molecule has 0 amide bonds. The lowest BCUT2D eigenvalue weighted by Gasteiger charge is -1.74. The molecule has 0 aliphatic heterocycles. The van der Waals surface area contributed by atoms with Crippen molar-refractivity contribution in [2.24, 2.45) is 0 Å². The van der Waals surface area contributed by atoms with E-state index in [1.807, 2.05) is 0 Å². The Kier molecular flexibility index (Phi) is 1.31. The molecule has 0 spiro atoms. The molecule has 1 rings (SSSR count). The maximum atomic E-state index is 11.4. The third kappa shape index (κ3) is 0.928. The maximum Gasteiger partial charge on any atom is 0.124 e. The van der Waals surface area contributed by atoms with Gasteiger partial charge in [-0.2, -0.15) is 8.98 Å². The number of rotatable bonds is 1. The summed E-state index contributed by atoms with van der Waals surface area (Å²) in [5, 5.41) is 6.38. The molecule has 1 aromatic rings. The average Bonchev–Trinajstić information content (AvgIpc) is 2.14. The smallest absolute Gasteiger partial charge is 0.124 e. The van der Waals surface area contributed by atoms with Crippen LogP contribution >= 0.6 is 12.1 Å². The molecule has 0 aromatic carbocycles. The van der Waals surface area contributed by atoms with Gasteiger partial charge in [0.15, 0.2) is 0 Å². The first-order valence-electron chi connectivity index (χ1n) is 1.71. The Hall–Kier alpha value is -0.510. The number of halogens is 1. The van der Waals surface area contributed by atoms with E-state index >= 15 is 0 Å². The molecule has 0 fully saturated rings. The third-order valence-electron chi connectivity index (χ3n) is 0.558. The van der Waals surface area contributed by atoms with Gasteiger partial charge in [0, 0.05) is 6.20 Å². The van der Waals surface area contributed by atoms with Crippen molar-refractivity contribution in [3.8, 4) is 0 Å². The van der Waals surface area contributed by atoms with Crippen LogP contribution in [0.25, 0.3) is 0 Å². The van der Waals surface area contributed by atoms with E-state index in [2.05, 4.69) is 10.2 Å². The Bertz CT molecular complexity index is 127. The second-order valence-corrected chi connectivity index (χ2v) is 1.59. The molecule has 1 N–H and O–H groups in total. The predicted octanol–water partition coefficient (Wildman–Crippen LogP) is 1.39. The molecule has 38 valence electrons. The fourth-order valence-electron chi connectivity index (χ4n) is 0.286. The molecule has 1 heterocycles. The van der Waals surface area contributed by atoms with Gasteiger partial charge in [0.25, 0.3) is 0 Å². The molecular formula is C3H3FN2S. The highest BCUT2D eigenvalue weighted by Gasteiger charge is 1.87. The van der Waals surface area contributed by atoms with Crippen molar-refractivity contribution in [3.05, 3.63) is 12.3 Å². The fourth-order valence-corrected chi connectivity index (χ4v) is 0.486. The van der Waals surface area contributed by atoms with Crippen LogP contribution in [-0.2, 0) is 0 Å². The lowest BCUT2D eigenvalue weighted by molar-refractivity contribution is 0.907. The normalized spacial score (nSPS) is 9.29. The molecule has 7 heavy (non-hydrogen) atoms. The summed E-state index contributed by atoms with van der Waals surface area (Å²) >= 11 is 0.157. The van der Waals surface area contributed by atoms with E-state index in [4.69, 9.17) is 0 Å². The van der Waals surface area contributed by atoms with Crippen molar-refractivity contribution < 1.29 is 3.89 Å². The van der Waals surface area contributed by atoms with E-state index in [0.717, 1.165) is 0 Å². The van der Waals surface area contributed by atoms with Crippen LogP contribution in [0.1, 0.15) is 0 Å². The predicted molar refractivity (Wildman–Crippen MR) is 25.6 cm³/mol. The van der Waals surface area contributed by atoms with Gasteiger partial charge in [0.05, 0.1) is 0 Å². The summed E-state index contributed by atoms with van der Waals surface area (Å²) in [6.45, 7) is 0. The average molecular weight is 118 g/mol. The van der Waals surface area contributed by atoms with Crippen molar-refractivity contribution in [3.63, 3.8) is 0 Å². The van der Waals surface area contributed by atoms with Gasteiger partial charge in [0.1, 0.15) is 17.2 Å². The van der Waals surface area contributed by atoms with Crippen LogP contribution in [0.2, 0.25) is 0 Å². The number of aromatic amines is 1. The standard InChI is InChI=1S/C3H3FN2S/c4-7-3-1-2-5-6-3/h1-2H,(H,5,6). The van der Waals surface area contributed by atoms with Crippen LogP contribution in [0.4, 0.5) is 3.89 Å². The molecule has 0 aliphatic carbocycles. The number of aromatic nitrogens is 2. The van der Waals surface area contributed by atoms with Crippen molar-refractivity contribution >= 4 is 12.1 Å². The van der Waals surface area contributed by atoms with Gasteiger partial charge in [-0.05, 0) is 6.07 Å². The lowest BCUT2D eigenvalue weighted by atomic mass is 10.8. The van der Waals surface area contributed by atoms with Gasteiger partial charge in [-0.1, -0.05) is 0 Å². The summed E-state index contributed by atoms with van der Waals surface area (Å²) < 4.78 is 11.4. The Labute approximate surface area is 44.4 Å². The topological polar surface area (TPSA) is 28.7 Å². The largest absolute Gasteiger partial charge is 0.269 e. The maximum absolute atomic E-state index is 11.4. The SMILES string of the molecule is FSc1ccn[nH]1. The number of hydrogen-bond acceptors (Lipinski definition) is 2. The van der Waals surface area contributed by atoms with E-state index in [-0.39, 0.29) is 12.1 Å². The first kappa shape index (κ1) is 4.64. The number of hydrogen-bond donors (Lipinski definition) is 1. The van der Waals surface area contributed by atoms with Gasteiger partial charge >= 0.3 is 0 Å². The molecule has 0 atom stereocenters. The minimum atomic E-state index is 0.157. The van der Waals surface area contributed by atoms with E-state index in [1.165, 1.54) is 6.20 Å². The molecule has 4 heteroatoms. The molecule has 0 bridgehead atoms. The number of H-pyrrole nitrogens is 1. The highest BCUT2D eigenvalue weighted by Crippen LogP contribution is 2.12. The highest BCUT2D eigenvalue weighted by atomic mass is 32.2. The Balaban J connectivity index is 2.76. The van der Waals surface area contributed by atoms with Crippen LogP contribution < -0.4 is 0 Å². The fraction of sp³-hybridized carbons (Fsp3) is 0. The number of nitrogens with zero attached hydrogens (tertiary/aromatic N) is 1. The van der Waals surface area contributed by atoms with Crippen molar-refractivity contribution in [1.82, 2.24) is 10.2 Å². The summed E-state index contributed by atoms with van der Waals surface area (Å²) in [5.41, 5.74) is 0.